The Balaban J connectivity index is 2.07. The molecule has 4 heteroatoms. The van der Waals surface area contributed by atoms with Gasteiger partial charge in [-0.15, -0.1) is 0 Å². The topological polar surface area (TPSA) is 38.3 Å². The van der Waals surface area contributed by atoms with Crippen LogP contribution in [0, 0.1) is 6.92 Å². The fourth-order valence-electron chi connectivity index (χ4n) is 1.89. The van der Waals surface area contributed by atoms with Crippen LogP contribution in [0.3, 0.4) is 0 Å². The number of benzene rings is 2. The first kappa shape index (κ1) is 15.6. The van der Waals surface area contributed by atoms with Gasteiger partial charge in [0.05, 0.1) is 6.61 Å². The maximum atomic E-state index is 12.3. The summed E-state index contributed by atoms with van der Waals surface area (Å²) in [6.07, 6.45) is 0.973. The molecular weight excluding hydrogens is 330 g/mol. The van der Waals surface area contributed by atoms with Crippen molar-refractivity contribution in [1.29, 1.82) is 0 Å². The molecule has 3 nitrogen and oxygen atoms in total. The zero-order valence-electron chi connectivity index (χ0n) is 12.2. The minimum atomic E-state index is -0.115. The molecule has 0 aliphatic rings. The lowest BCUT2D eigenvalue weighted by molar-refractivity contribution is 0.102. The van der Waals surface area contributed by atoms with Crippen LogP contribution in [-0.2, 0) is 0 Å². The van der Waals surface area contributed by atoms with E-state index in [1.807, 2.05) is 49.4 Å². The molecule has 2 rings (SSSR count). The minimum absolute atomic E-state index is 0.115. The third kappa shape index (κ3) is 4.33. The van der Waals surface area contributed by atoms with Crippen molar-refractivity contribution in [2.24, 2.45) is 0 Å². The Hall–Kier alpha value is -1.81. The molecule has 0 saturated heterocycles. The smallest absolute Gasteiger partial charge is 0.255 e. The van der Waals surface area contributed by atoms with E-state index in [0.717, 1.165) is 27.9 Å². The highest BCUT2D eigenvalue weighted by atomic mass is 79.9. The van der Waals surface area contributed by atoms with Crippen LogP contribution in [-0.4, -0.2) is 12.5 Å². The van der Waals surface area contributed by atoms with E-state index in [1.54, 1.807) is 0 Å². The van der Waals surface area contributed by atoms with Crippen molar-refractivity contribution in [1.82, 2.24) is 0 Å². The third-order valence-corrected chi connectivity index (χ3v) is 3.52. The number of rotatable bonds is 5. The highest BCUT2D eigenvalue weighted by Gasteiger charge is 2.09. The number of carbonyl (C=O) groups is 1. The molecule has 0 heterocycles. The second-order valence-electron chi connectivity index (χ2n) is 4.79. The van der Waals surface area contributed by atoms with Gasteiger partial charge in [-0.1, -0.05) is 28.9 Å². The van der Waals surface area contributed by atoms with E-state index in [1.165, 1.54) is 0 Å². The average Bonchev–Trinajstić information content (AvgIpc) is 2.49. The first-order valence-corrected chi connectivity index (χ1v) is 7.70. The molecule has 0 fully saturated rings. The van der Waals surface area contributed by atoms with Gasteiger partial charge in [0.2, 0.25) is 0 Å². The number of anilines is 1. The van der Waals surface area contributed by atoms with Crippen molar-refractivity contribution in [3.63, 3.8) is 0 Å². The molecule has 110 valence electrons. The largest absolute Gasteiger partial charge is 0.494 e. The van der Waals surface area contributed by atoms with Gasteiger partial charge in [0.15, 0.2) is 0 Å². The normalized spacial score (nSPS) is 10.2. The number of hydrogen-bond donors (Lipinski definition) is 1. The van der Waals surface area contributed by atoms with Gasteiger partial charge in [-0.25, -0.2) is 0 Å². The molecular formula is C17H18BrNO2. The summed E-state index contributed by atoms with van der Waals surface area (Å²) in [6, 6.07) is 13.1. The monoisotopic (exact) mass is 347 g/mol. The van der Waals surface area contributed by atoms with Crippen LogP contribution in [0.2, 0.25) is 0 Å². The Morgan fingerprint density at radius 3 is 2.57 bits per heavy atom. The Kier molecular flexibility index (Phi) is 5.39. The van der Waals surface area contributed by atoms with E-state index in [9.17, 15) is 4.79 Å². The van der Waals surface area contributed by atoms with E-state index in [4.69, 9.17) is 4.74 Å². The zero-order chi connectivity index (χ0) is 15.2. The van der Waals surface area contributed by atoms with Gasteiger partial charge in [-0.2, -0.15) is 0 Å². The Bertz CT molecular complexity index is 623. The Labute approximate surface area is 133 Å². The summed E-state index contributed by atoms with van der Waals surface area (Å²) in [6.45, 7) is 4.68. The molecule has 0 radical (unpaired) electrons. The summed E-state index contributed by atoms with van der Waals surface area (Å²) in [5.41, 5.74) is 2.36. The quantitative estimate of drug-likeness (QED) is 0.843. The van der Waals surface area contributed by atoms with Gasteiger partial charge in [0.1, 0.15) is 5.75 Å². The molecule has 1 N–H and O–H groups in total. The van der Waals surface area contributed by atoms with E-state index in [2.05, 4.69) is 28.2 Å². The van der Waals surface area contributed by atoms with Gasteiger partial charge in [-0.05, 0) is 55.3 Å². The van der Waals surface area contributed by atoms with Crippen molar-refractivity contribution < 1.29 is 9.53 Å². The van der Waals surface area contributed by atoms with Gasteiger partial charge in [0.25, 0.3) is 5.91 Å². The summed E-state index contributed by atoms with van der Waals surface area (Å²) in [5.74, 6) is 0.699. The van der Waals surface area contributed by atoms with E-state index >= 15 is 0 Å². The number of aryl methyl sites for hydroxylation is 1. The summed E-state index contributed by atoms with van der Waals surface area (Å²) in [5, 5.41) is 2.89. The fourth-order valence-corrected chi connectivity index (χ4v) is 2.25. The van der Waals surface area contributed by atoms with Crippen LogP contribution in [0.1, 0.15) is 29.3 Å². The first-order valence-electron chi connectivity index (χ1n) is 6.90. The highest BCUT2D eigenvalue weighted by molar-refractivity contribution is 9.10. The van der Waals surface area contributed by atoms with Crippen LogP contribution in [0.15, 0.2) is 46.9 Å². The predicted octanol–water partition coefficient (Wildman–Crippen LogP) is 4.80. The summed E-state index contributed by atoms with van der Waals surface area (Å²) >= 11 is 3.39. The standard InChI is InChI=1S/C17H18BrNO2/c1-3-10-21-15-8-6-14(7-9-15)19-17(20)16-11-13(18)5-4-12(16)2/h4-9,11H,3,10H2,1-2H3,(H,19,20). The number of amides is 1. The van der Waals surface area contributed by atoms with E-state index in [0.29, 0.717) is 12.2 Å². The molecule has 0 unspecified atom stereocenters. The zero-order valence-corrected chi connectivity index (χ0v) is 13.7. The lowest BCUT2D eigenvalue weighted by Gasteiger charge is -2.09. The van der Waals surface area contributed by atoms with Gasteiger partial charge in [0, 0.05) is 15.7 Å². The summed E-state index contributed by atoms with van der Waals surface area (Å²) < 4.78 is 6.41. The lowest BCUT2D eigenvalue weighted by atomic mass is 10.1. The molecule has 2 aromatic rings. The van der Waals surface area contributed by atoms with Crippen molar-refractivity contribution in [2.45, 2.75) is 20.3 Å². The highest BCUT2D eigenvalue weighted by Crippen LogP contribution is 2.19. The summed E-state index contributed by atoms with van der Waals surface area (Å²) in [7, 11) is 0. The molecule has 0 spiro atoms. The van der Waals surface area contributed by atoms with Crippen molar-refractivity contribution in [3.8, 4) is 5.75 Å². The molecule has 2 aromatic carbocycles. The van der Waals surface area contributed by atoms with Crippen LogP contribution in [0.5, 0.6) is 5.75 Å². The van der Waals surface area contributed by atoms with Crippen LogP contribution in [0.4, 0.5) is 5.69 Å². The predicted molar refractivity (Wildman–Crippen MR) is 89.1 cm³/mol. The number of ether oxygens (including phenoxy) is 1. The molecule has 21 heavy (non-hydrogen) atoms. The second-order valence-corrected chi connectivity index (χ2v) is 5.70. The maximum absolute atomic E-state index is 12.3. The van der Waals surface area contributed by atoms with Gasteiger partial charge < -0.3 is 10.1 Å². The van der Waals surface area contributed by atoms with Crippen LogP contribution >= 0.6 is 15.9 Å². The SMILES string of the molecule is CCCOc1ccc(NC(=O)c2cc(Br)ccc2C)cc1. The third-order valence-electron chi connectivity index (χ3n) is 3.03. The molecule has 0 bridgehead atoms. The number of nitrogens with one attached hydrogen (secondary N) is 1. The lowest BCUT2D eigenvalue weighted by Crippen LogP contribution is -2.13. The fraction of sp³-hybridized carbons (Fsp3) is 0.235. The maximum Gasteiger partial charge on any atom is 0.255 e. The van der Waals surface area contributed by atoms with E-state index < -0.39 is 0 Å². The molecule has 0 atom stereocenters. The first-order chi connectivity index (χ1) is 10.1. The molecule has 0 aromatic heterocycles. The second kappa shape index (κ2) is 7.27. The average molecular weight is 348 g/mol. The van der Waals surface area contributed by atoms with Crippen molar-refractivity contribution in [2.75, 3.05) is 11.9 Å². The Morgan fingerprint density at radius 2 is 1.90 bits per heavy atom. The molecule has 0 saturated carbocycles. The number of halogens is 1. The van der Waals surface area contributed by atoms with E-state index in [-0.39, 0.29) is 5.91 Å². The van der Waals surface area contributed by atoms with Crippen molar-refractivity contribution >= 4 is 27.5 Å². The molecule has 1 amide bonds. The van der Waals surface area contributed by atoms with Gasteiger partial charge in [-0.3, -0.25) is 4.79 Å². The number of carbonyl (C=O) groups excluding carboxylic acids is 1. The Morgan fingerprint density at radius 1 is 1.19 bits per heavy atom. The van der Waals surface area contributed by atoms with Crippen LogP contribution < -0.4 is 10.1 Å². The minimum Gasteiger partial charge on any atom is -0.494 e. The van der Waals surface area contributed by atoms with Crippen molar-refractivity contribution in [3.05, 3.63) is 58.1 Å². The molecule has 0 aliphatic heterocycles. The summed E-state index contributed by atoms with van der Waals surface area (Å²) in [4.78, 5) is 12.3. The van der Waals surface area contributed by atoms with Gasteiger partial charge >= 0.3 is 0 Å². The molecule has 0 aliphatic carbocycles. The number of hydrogen-bond acceptors (Lipinski definition) is 2. The van der Waals surface area contributed by atoms with Crippen LogP contribution in [0.25, 0.3) is 0 Å².